The highest BCUT2D eigenvalue weighted by molar-refractivity contribution is 5.76. The van der Waals surface area contributed by atoms with E-state index in [0.717, 1.165) is 6.42 Å². The molecule has 3 N–H and O–H groups in total. The van der Waals surface area contributed by atoms with Crippen molar-refractivity contribution in [1.29, 1.82) is 0 Å². The van der Waals surface area contributed by atoms with Crippen molar-refractivity contribution < 1.29 is 9.53 Å². The van der Waals surface area contributed by atoms with E-state index in [4.69, 9.17) is 10.5 Å². The van der Waals surface area contributed by atoms with Crippen LogP contribution in [-0.2, 0) is 9.53 Å². The maximum Gasteiger partial charge on any atom is 0.221 e. The molecule has 0 fully saturated rings. The van der Waals surface area contributed by atoms with E-state index >= 15 is 0 Å². The topological polar surface area (TPSA) is 64.4 Å². The van der Waals surface area contributed by atoms with Crippen LogP contribution in [0, 0.1) is 5.92 Å². The van der Waals surface area contributed by atoms with Crippen LogP contribution in [0.1, 0.15) is 33.6 Å². The number of carbonyl (C=O) groups excluding carboxylic acids is 1. The van der Waals surface area contributed by atoms with Gasteiger partial charge in [0.15, 0.2) is 0 Å². The van der Waals surface area contributed by atoms with Gasteiger partial charge in [-0.15, -0.1) is 0 Å². The molecule has 0 aliphatic carbocycles. The Morgan fingerprint density at radius 2 is 2.07 bits per heavy atom. The van der Waals surface area contributed by atoms with E-state index in [1.54, 1.807) is 7.11 Å². The minimum atomic E-state index is -0.0413. The summed E-state index contributed by atoms with van der Waals surface area (Å²) in [5, 5.41) is 2.94. The number of hydrogen-bond donors (Lipinski definition) is 2. The Bertz CT molecular complexity index is 183. The van der Waals surface area contributed by atoms with E-state index in [-0.39, 0.29) is 18.0 Å². The Labute approximate surface area is 92.6 Å². The lowest BCUT2D eigenvalue weighted by atomic mass is 10.0. The van der Waals surface area contributed by atoms with Crippen LogP contribution in [0.5, 0.6) is 0 Å². The van der Waals surface area contributed by atoms with E-state index in [1.165, 1.54) is 0 Å². The van der Waals surface area contributed by atoms with E-state index in [9.17, 15) is 4.79 Å². The molecule has 0 rings (SSSR count). The molecule has 0 aliphatic heterocycles. The maximum atomic E-state index is 11.6. The highest BCUT2D eigenvalue weighted by Gasteiger charge is 2.16. The van der Waals surface area contributed by atoms with Crippen molar-refractivity contribution in [3.63, 3.8) is 0 Å². The van der Waals surface area contributed by atoms with Crippen molar-refractivity contribution in [3.05, 3.63) is 0 Å². The maximum absolute atomic E-state index is 11.6. The summed E-state index contributed by atoms with van der Waals surface area (Å²) in [5.74, 6) is 0.381. The first-order valence-corrected chi connectivity index (χ1v) is 5.55. The number of nitrogens with two attached hydrogens (primary N) is 1. The van der Waals surface area contributed by atoms with Crippen LogP contribution < -0.4 is 11.1 Å². The van der Waals surface area contributed by atoms with Crippen LogP contribution in [0.15, 0.2) is 0 Å². The molecule has 1 amide bonds. The molecule has 4 nitrogen and oxygen atoms in total. The fraction of sp³-hybridized carbons (Fsp3) is 0.909. The summed E-state index contributed by atoms with van der Waals surface area (Å²) in [4.78, 5) is 11.6. The van der Waals surface area contributed by atoms with Gasteiger partial charge in [0.25, 0.3) is 0 Å². The third-order valence-electron chi connectivity index (χ3n) is 2.47. The van der Waals surface area contributed by atoms with Gasteiger partial charge >= 0.3 is 0 Å². The number of amides is 1. The van der Waals surface area contributed by atoms with Crippen LogP contribution in [-0.4, -0.2) is 31.7 Å². The Balaban J connectivity index is 3.99. The first-order valence-electron chi connectivity index (χ1n) is 5.55. The molecule has 0 aliphatic rings. The summed E-state index contributed by atoms with van der Waals surface area (Å²) in [7, 11) is 1.64. The summed E-state index contributed by atoms with van der Waals surface area (Å²) in [6, 6.07) is 0.0342. The van der Waals surface area contributed by atoms with Crippen molar-refractivity contribution >= 4 is 5.91 Å². The van der Waals surface area contributed by atoms with Crippen LogP contribution in [0.25, 0.3) is 0 Å². The second-order valence-electron chi connectivity index (χ2n) is 4.25. The van der Waals surface area contributed by atoms with Crippen molar-refractivity contribution in [2.45, 2.75) is 45.7 Å². The van der Waals surface area contributed by atoms with Crippen LogP contribution in [0.4, 0.5) is 0 Å². The van der Waals surface area contributed by atoms with Crippen molar-refractivity contribution in [2.24, 2.45) is 11.7 Å². The third-order valence-corrected chi connectivity index (χ3v) is 2.47. The summed E-state index contributed by atoms with van der Waals surface area (Å²) in [5.41, 5.74) is 5.71. The molecular weight excluding hydrogens is 192 g/mol. The molecule has 90 valence electrons. The van der Waals surface area contributed by atoms with Gasteiger partial charge in [0, 0.05) is 19.6 Å². The molecule has 0 spiro atoms. The highest BCUT2D eigenvalue weighted by Crippen LogP contribution is 2.03. The number of carbonyl (C=O) groups is 1. The summed E-state index contributed by atoms with van der Waals surface area (Å²) in [6.07, 6.45) is 1.22. The van der Waals surface area contributed by atoms with Crippen molar-refractivity contribution in [3.8, 4) is 0 Å². The van der Waals surface area contributed by atoms with Gasteiger partial charge in [0.05, 0.1) is 12.6 Å². The Morgan fingerprint density at radius 1 is 1.47 bits per heavy atom. The van der Waals surface area contributed by atoms with Crippen molar-refractivity contribution in [2.75, 3.05) is 13.7 Å². The van der Waals surface area contributed by atoms with Gasteiger partial charge in [-0.3, -0.25) is 4.79 Å². The predicted octanol–water partition coefficient (Wildman–Crippen LogP) is 0.901. The van der Waals surface area contributed by atoms with E-state index < -0.39 is 0 Å². The van der Waals surface area contributed by atoms with E-state index in [0.29, 0.717) is 18.9 Å². The lowest BCUT2D eigenvalue weighted by Gasteiger charge is -2.22. The van der Waals surface area contributed by atoms with E-state index in [1.807, 2.05) is 6.92 Å². The molecule has 4 heteroatoms. The molecule has 0 aromatic rings. The molecule has 0 aromatic heterocycles. The lowest BCUT2D eigenvalue weighted by Crippen LogP contribution is -2.43. The molecule has 0 saturated heterocycles. The van der Waals surface area contributed by atoms with Crippen LogP contribution in [0.2, 0.25) is 0 Å². The summed E-state index contributed by atoms with van der Waals surface area (Å²) >= 11 is 0. The number of hydrogen-bond acceptors (Lipinski definition) is 3. The smallest absolute Gasteiger partial charge is 0.221 e. The van der Waals surface area contributed by atoms with E-state index in [2.05, 4.69) is 19.2 Å². The minimum absolute atomic E-state index is 0.0140. The first kappa shape index (κ1) is 14.4. The second-order valence-corrected chi connectivity index (χ2v) is 4.25. The molecule has 2 unspecified atom stereocenters. The van der Waals surface area contributed by atoms with Gasteiger partial charge < -0.3 is 15.8 Å². The minimum Gasteiger partial charge on any atom is -0.383 e. The monoisotopic (exact) mass is 216 g/mol. The second kappa shape index (κ2) is 7.65. The first-order chi connectivity index (χ1) is 7.01. The molecular formula is C11H24N2O2. The number of ether oxygens (including phenoxy) is 1. The summed E-state index contributed by atoms with van der Waals surface area (Å²) in [6.45, 7) is 6.64. The highest BCUT2D eigenvalue weighted by atomic mass is 16.5. The SMILES string of the molecule is CCC(N)CC(=O)NC(COC)C(C)C. The molecule has 0 radical (unpaired) electrons. The van der Waals surface area contributed by atoms with Gasteiger partial charge in [-0.1, -0.05) is 20.8 Å². The average Bonchev–Trinajstić information content (AvgIpc) is 2.16. The standard InChI is InChI=1S/C11H24N2O2/c1-5-9(12)6-11(14)13-10(7-15-4)8(2)3/h8-10H,5-7,12H2,1-4H3,(H,13,14). The van der Waals surface area contributed by atoms with Gasteiger partial charge in [0.2, 0.25) is 5.91 Å². The molecule has 0 heterocycles. The average molecular weight is 216 g/mol. The normalized spacial score (nSPS) is 15.1. The Hall–Kier alpha value is -0.610. The summed E-state index contributed by atoms with van der Waals surface area (Å²) < 4.78 is 5.05. The van der Waals surface area contributed by atoms with Crippen molar-refractivity contribution in [1.82, 2.24) is 5.32 Å². The Kier molecular flexibility index (Phi) is 7.34. The zero-order valence-corrected chi connectivity index (χ0v) is 10.2. The van der Waals surface area contributed by atoms with Gasteiger partial charge in [-0.05, 0) is 12.3 Å². The fourth-order valence-corrected chi connectivity index (χ4v) is 1.23. The van der Waals surface area contributed by atoms with Gasteiger partial charge in [0.1, 0.15) is 0 Å². The quantitative estimate of drug-likeness (QED) is 0.664. The van der Waals surface area contributed by atoms with Crippen LogP contribution in [0.3, 0.4) is 0 Å². The molecule has 0 bridgehead atoms. The molecule has 15 heavy (non-hydrogen) atoms. The predicted molar refractivity (Wildman–Crippen MR) is 61.5 cm³/mol. The third kappa shape index (κ3) is 6.47. The van der Waals surface area contributed by atoms with Crippen LogP contribution >= 0.6 is 0 Å². The zero-order chi connectivity index (χ0) is 11.8. The van der Waals surface area contributed by atoms with Gasteiger partial charge in [-0.2, -0.15) is 0 Å². The molecule has 0 aromatic carbocycles. The lowest BCUT2D eigenvalue weighted by molar-refractivity contribution is -0.122. The zero-order valence-electron chi connectivity index (χ0n) is 10.2. The largest absolute Gasteiger partial charge is 0.383 e. The number of methoxy groups -OCH3 is 1. The number of rotatable bonds is 7. The Morgan fingerprint density at radius 3 is 2.47 bits per heavy atom. The number of nitrogens with one attached hydrogen (secondary N) is 1. The van der Waals surface area contributed by atoms with Gasteiger partial charge in [-0.25, -0.2) is 0 Å². The molecule has 0 saturated carbocycles. The molecule has 2 atom stereocenters. The fourth-order valence-electron chi connectivity index (χ4n) is 1.23.